The van der Waals surface area contributed by atoms with E-state index in [1.807, 2.05) is 25.3 Å². The van der Waals surface area contributed by atoms with Crippen LogP contribution in [0.25, 0.3) is 5.69 Å². The van der Waals surface area contributed by atoms with Crippen molar-refractivity contribution in [1.29, 1.82) is 0 Å². The van der Waals surface area contributed by atoms with Crippen LogP contribution < -0.4 is 5.32 Å². The number of aryl methyl sites for hydroxylation is 2. The van der Waals surface area contributed by atoms with Crippen molar-refractivity contribution in [3.05, 3.63) is 82.4 Å². The molecule has 1 aromatic heterocycles. The Labute approximate surface area is 186 Å². The second-order valence-electron chi connectivity index (χ2n) is 8.67. The summed E-state index contributed by atoms with van der Waals surface area (Å²) in [6.07, 6.45) is 5.19. The molecule has 1 fully saturated rings. The summed E-state index contributed by atoms with van der Waals surface area (Å²) in [5.74, 6) is 0.795. The molecule has 1 N–H and O–H groups in total. The molecule has 158 valence electrons. The highest BCUT2D eigenvalue weighted by molar-refractivity contribution is 6.30. The molecule has 5 nitrogen and oxygen atoms in total. The van der Waals surface area contributed by atoms with Crippen LogP contribution in [0, 0.1) is 12.3 Å². The predicted molar refractivity (Wildman–Crippen MR) is 120 cm³/mol. The number of fused-ring (bicyclic) bond motifs is 3. The van der Waals surface area contributed by atoms with E-state index in [0.29, 0.717) is 10.6 Å². The molecule has 0 radical (unpaired) electrons. The van der Waals surface area contributed by atoms with Crippen molar-refractivity contribution in [2.24, 2.45) is 5.41 Å². The van der Waals surface area contributed by atoms with Gasteiger partial charge in [0.2, 0.25) is 5.91 Å². The number of rotatable bonds is 5. The topological polar surface area (TPSA) is 64.0 Å². The maximum absolute atomic E-state index is 13.3. The zero-order valence-corrected chi connectivity index (χ0v) is 18.2. The summed E-state index contributed by atoms with van der Waals surface area (Å²) in [6.45, 7) is 2.03. The molecule has 0 bridgehead atoms. The molecule has 0 saturated heterocycles. The van der Waals surface area contributed by atoms with Crippen LogP contribution in [0.4, 0.5) is 0 Å². The van der Waals surface area contributed by atoms with E-state index in [0.717, 1.165) is 42.9 Å². The first-order chi connectivity index (χ1) is 15.0. The number of carbonyl (C=O) groups is 2. The molecule has 1 saturated carbocycles. The monoisotopic (exact) mass is 433 g/mol. The highest BCUT2D eigenvalue weighted by Crippen LogP contribution is 2.50. The average Bonchev–Trinajstić information content (AvgIpc) is 3.48. The number of benzene rings is 2. The summed E-state index contributed by atoms with van der Waals surface area (Å²) in [4.78, 5) is 30.7. The first kappa shape index (κ1) is 20.0. The first-order valence-corrected chi connectivity index (χ1v) is 11.1. The van der Waals surface area contributed by atoms with Crippen LogP contribution in [0.5, 0.6) is 0 Å². The molecule has 3 aromatic rings. The molecular weight excluding hydrogens is 410 g/mol. The van der Waals surface area contributed by atoms with Crippen molar-refractivity contribution in [3.8, 4) is 5.69 Å². The number of hydrogen-bond donors (Lipinski definition) is 1. The van der Waals surface area contributed by atoms with Crippen LogP contribution >= 0.6 is 11.6 Å². The minimum absolute atomic E-state index is 0.0186. The third-order valence-electron chi connectivity index (χ3n) is 6.52. The lowest BCUT2D eigenvalue weighted by molar-refractivity contribution is -0.127. The minimum atomic E-state index is -0.609. The summed E-state index contributed by atoms with van der Waals surface area (Å²) >= 11 is 5.93. The van der Waals surface area contributed by atoms with Gasteiger partial charge in [-0.2, -0.15) is 0 Å². The van der Waals surface area contributed by atoms with E-state index in [2.05, 4.69) is 27.0 Å². The van der Waals surface area contributed by atoms with Crippen LogP contribution in [0.1, 0.15) is 59.2 Å². The van der Waals surface area contributed by atoms with Gasteiger partial charge in [0.1, 0.15) is 5.82 Å². The third kappa shape index (κ3) is 3.68. The smallest absolute Gasteiger partial charge is 0.227 e. The van der Waals surface area contributed by atoms with Gasteiger partial charge in [0.25, 0.3) is 0 Å². The largest absolute Gasteiger partial charge is 0.346 e. The van der Waals surface area contributed by atoms with Crippen molar-refractivity contribution >= 4 is 23.3 Å². The highest BCUT2D eigenvalue weighted by atomic mass is 35.5. The normalized spacial score (nSPS) is 18.5. The van der Waals surface area contributed by atoms with Crippen molar-refractivity contribution in [2.75, 3.05) is 0 Å². The molecule has 5 rings (SSSR count). The number of amides is 1. The number of carbonyl (C=O) groups excluding carboxylic acids is 2. The number of halogens is 1. The number of imidazole rings is 1. The fourth-order valence-corrected chi connectivity index (χ4v) is 4.64. The van der Waals surface area contributed by atoms with E-state index in [-0.39, 0.29) is 24.2 Å². The van der Waals surface area contributed by atoms with Gasteiger partial charge in [0.05, 0.1) is 17.1 Å². The Kier molecular flexibility index (Phi) is 4.94. The van der Waals surface area contributed by atoms with Crippen molar-refractivity contribution in [3.63, 3.8) is 0 Å². The van der Waals surface area contributed by atoms with Crippen molar-refractivity contribution < 1.29 is 9.59 Å². The average molecular weight is 434 g/mol. The highest BCUT2D eigenvalue weighted by Gasteiger charge is 2.51. The summed E-state index contributed by atoms with van der Waals surface area (Å²) in [5.41, 5.74) is 3.41. The first-order valence-electron chi connectivity index (χ1n) is 10.7. The van der Waals surface area contributed by atoms with Crippen LogP contribution in [0.2, 0.25) is 5.02 Å². The molecule has 2 aliphatic rings. The molecule has 1 atom stereocenters. The number of aromatic nitrogens is 2. The van der Waals surface area contributed by atoms with Gasteiger partial charge in [0, 0.05) is 28.9 Å². The summed E-state index contributed by atoms with van der Waals surface area (Å²) in [5, 5.41) is 3.83. The maximum atomic E-state index is 13.3. The zero-order chi connectivity index (χ0) is 21.6. The van der Waals surface area contributed by atoms with Gasteiger partial charge < -0.3 is 5.32 Å². The number of hydrogen-bond acceptors (Lipinski definition) is 3. The Balaban J connectivity index is 1.36. The van der Waals surface area contributed by atoms with Gasteiger partial charge in [-0.3, -0.25) is 14.2 Å². The van der Waals surface area contributed by atoms with Crippen LogP contribution in [-0.2, 0) is 11.2 Å². The standard InChI is InChI=1S/C25H24ClN3O2/c1-16-15-27-23-20(11-8-17-4-2-3-5-21(17)29(16)23)28-24(31)25(12-13-25)14-22(30)18-6-9-19(26)10-7-18/h2-7,9-10,15,20H,8,11-14H2,1H3,(H,28,31). The Morgan fingerprint density at radius 1 is 1.16 bits per heavy atom. The van der Waals surface area contributed by atoms with E-state index in [9.17, 15) is 9.59 Å². The maximum Gasteiger partial charge on any atom is 0.227 e. The fraction of sp³-hybridized carbons (Fsp3) is 0.320. The summed E-state index contributed by atoms with van der Waals surface area (Å²) in [6, 6.07) is 15.0. The number of nitrogens with one attached hydrogen (secondary N) is 1. The molecule has 0 spiro atoms. The number of ketones is 1. The van der Waals surface area contributed by atoms with Gasteiger partial charge in [-0.05, 0) is 68.5 Å². The van der Waals surface area contributed by atoms with Gasteiger partial charge in [-0.1, -0.05) is 29.8 Å². The molecule has 1 amide bonds. The number of Topliss-reactive ketones (excluding diaryl/α,β-unsaturated/α-hetero) is 1. The molecule has 1 aliphatic carbocycles. The summed E-state index contributed by atoms with van der Waals surface area (Å²) < 4.78 is 2.14. The lowest BCUT2D eigenvalue weighted by Crippen LogP contribution is -2.37. The Bertz CT molecular complexity index is 1160. The van der Waals surface area contributed by atoms with E-state index < -0.39 is 5.41 Å². The van der Waals surface area contributed by atoms with E-state index in [1.54, 1.807) is 24.3 Å². The Hall–Kier alpha value is -2.92. The van der Waals surface area contributed by atoms with Gasteiger partial charge in [-0.25, -0.2) is 4.98 Å². The molecule has 31 heavy (non-hydrogen) atoms. The SMILES string of the molecule is Cc1cnc2n1-c1ccccc1CCC2NC(=O)C1(CC(=O)c2ccc(Cl)cc2)CC1. The van der Waals surface area contributed by atoms with Gasteiger partial charge >= 0.3 is 0 Å². The van der Waals surface area contributed by atoms with E-state index >= 15 is 0 Å². The number of nitrogens with zero attached hydrogens (tertiary/aromatic N) is 2. The Morgan fingerprint density at radius 3 is 2.65 bits per heavy atom. The molecule has 6 heteroatoms. The molecular formula is C25H24ClN3O2. The van der Waals surface area contributed by atoms with Crippen LogP contribution in [0.3, 0.4) is 0 Å². The number of para-hydroxylation sites is 1. The second-order valence-corrected chi connectivity index (χ2v) is 9.11. The van der Waals surface area contributed by atoms with E-state index in [4.69, 9.17) is 11.6 Å². The van der Waals surface area contributed by atoms with Crippen molar-refractivity contribution in [2.45, 2.75) is 45.1 Å². The molecule has 1 aliphatic heterocycles. The lowest BCUT2D eigenvalue weighted by atomic mass is 9.94. The van der Waals surface area contributed by atoms with Crippen molar-refractivity contribution in [1.82, 2.24) is 14.9 Å². The molecule has 2 aromatic carbocycles. The van der Waals surface area contributed by atoms with Crippen LogP contribution in [-0.4, -0.2) is 21.2 Å². The lowest BCUT2D eigenvalue weighted by Gasteiger charge is -2.21. The molecule has 2 heterocycles. The third-order valence-corrected chi connectivity index (χ3v) is 6.77. The van der Waals surface area contributed by atoms with Gasteiger partial charge in [-0.15, -0.1) is 0 Å². The van der Waals surface area contributed by atoms with Gasteiger partial charge in [0.15, 0.2) is 5.78 Å². The second kappa shape index (κ2) is 7.65. The Morgan fingerprint density at radius 2 is 1.90 bits per heavy atom. The summed E-state index contributed by atoms with van der Waals surface area (Å²) in [7, 11) is 0. The fourth-order valence-electron chi connectivity index (χ4n) is 4.51. The van der Waals surface area contributed by atoms with Crippen LogP contribution in [0.15, 0.2) is 54.7 Å². The quantitative estimate of drug-likeness (QED) is 0.576. The molecule has 1 unspecified atom stereocenters. The predicted octanol–water partition coefficient (Wildman–Crippen LogP) is 4.99. The zero-order valence-electron chi connectivity index (χ0n) is 17.4. The minimum Gasteiger partial charge on any atom is -0.346 e. The van der Waals surface area contributed by atoms with E-state index in [1.165, 1.54) is 5.56 Å².